The van der Waals surface area contributed by atoms with Crippen molar-refractivity contribution in [2.24, 2.45) is 0 Å². The molecule has 1 aromatic rings. The average Bonchev–Trinajstić information content (AvgIpc) is 3.15. The van der Waals surface area contributed by atoms with Crippen molar-refractivity contribution in [1.29, 1.82) is 5.26 Å². The van der Waals surface area contributed by atoms with Crippen LogP contribution >= 0.6 is 0 Å². The zero-order valence-electron chi connectivity index (χ0n) is 13.2. The zero-order chi connectivity index (χ0) is 15.5. The molecule has 0 N–H and O–H groups in total. The Labute approximate surface area is 132 Å². The van der Waals surface area contributed by atoms with Gasteiger partial charge in [0.1, 0.15) is 0 Å². The zero-order valence-corrected chi connectivity index (χ0v) is 13.2. The summed E-state index contributed by atoms with van der Waals surface area (Å²) in [5, 5.41) is 8.82. The molecule has 1 amide bonds. The average molecular weight is 297 g/mol. The molecule has 2 aliphatic heterocycles. The van der Waals surface area contributed by atoms with Crippen LogP contribution in [0.2, 0.25) is 0 Å². The van der Waals surface area contributed by atoms with E-state index >= 15 is 0 Å². The molecule has 0 aliphatic carbocycles. The molecule has 116 valence electrons. The van der Waals surface area contributed by atoms with Gasteiger partial charge in [0, 0.05) is 24.2 Å². The lowest BCUT2D eigenvalue weighted by Gasteiger charge is -2.33. The first-order valence-electron chi connectivity index (χ1n) is 8.18. The van der Waals surface area contributed by atoms with Crippen LogP contribution in [0.25, 0.3) is 0 Å². The van der Waals surface area contributed by atoms with Gasteiger partial charge in [0.15, 0.2) is 0 Å². The van der Waals surface area contributed by atoms with E-state index in [-0.39, 0.29) is 5.91 Å². The van der Waals surface area contributed by atoms with E-state index in [0.717, 1.165) is 37.1 Å². The van der Waals surface area contributed by atoms with E-state index in [2.05, 4.69) is 22.9 Å². The molecule has 2 atom stereocenters. The fourth-order valence-corrected chi connectivity index (χ4v) is 3.94. The Hall–Kier alpha value is -1.86. The minimum absolute atomic E-state index is 0.127. The van der Waals surface area contributed by atoms with Crippen LogP contribution < -0.4 is 0 Å². The third-order valence-corrected chi connectivity index (χ3v) is 5.04. The Morgan fingerprint density at radius 2 is 2.05 bits per heavy atom. The first-order valence-corrected chi connectivity index (χ1v) is 8.18. The van der Waals surface area contributed by atoms with Gasteiger partial charge < -0.3 is 9.80 Å². The third kappa shape index (κ3) is 2.86. The molecule has 0 saturated carbocycles. The molecule has 2 heterocycles. The topological polar surface area (TPSA) is 47.3 Å². The SMILES string of the molecule is CN1CCCC1C1CCCN1C(=O)c1cccc(CC#N)c1. The Morgan fingerprint density at radius 1 is 1.27 bits per heavy atom. The second-order valence-corrected chi connectivity index (χ2v) is 6.43. The van der Waals surface area contributed by atoms with Crippen molar-refractivity contribution >= 4 is 5.91 Å². The summed E-state index contributed by atoms with van der Waals surface area (Å²) in [6, 6.07) is 10.5. The van der Waals surface area contributed by atoms with E-state index in [9.17, 15) is 4.79 Å². The quantitative estimate of drug-likeness (QED) is 0.861. The normalized spacial score (nSPS) is 25.4. The monoisotopic (exact) mass is 297 g/mol. The Morgan fingerprint density at radius 3 is 2.77 bits per heavy atom. The summed E-state index contributed by atoms with van der Waals surface area (Å²) in [4.78, 5) is 17.4. The number of carbonyl (C=O) groups is 1. The molecule has 22 heavy (non-hydrogen) atoms. The van der Waals surface area contributed by atoms with Crippen molar-refractivity contribution in [2.45, 2.75) is 44.2 Å². The van der Waals surface area contributed by atoms with E-state index < -0.39 is 0 Å². The van der Waals surface area contributed by atoms with Gasteiger partial charge in [-0.2, -0.15) is 5.26 Å². The van der Waals surface area contributed by atoms with Gasteiger partial charge in [-0.3, -0.25) is 4.79 Å². The van der Waals surface area contributed by atoms with E-state index in [4.69, 9.17) is 5.26 Å². The Kier molecular flexibility index (Phi) is 4.44. The van der Waals surface area contributed by atoms with Crippen molar-refractivity contribution < 1.29 is 4.79 Å². The molecule has 0 aromatic heterocycles. The first kappa shape index (κ1) is 15.1. The lowest BCUT2D eigenvalue weighted by Crippen LogP contribution is -2.47. The third-order valence-electron chi connectivity index (χ3n) is 5.04. The van der Waals surface area contributed by atoms with Crippen molar-refractivity contribution in [3.63, 3.8) is 0 Å². The van der Waals surface area contributed by atoms with E-state index in [1.165, 1.54) is 12.8 Å². The van der Waals surface area contributed by atoms with Crippen molar-refractivity contribution in [1.82, 2.24) is 9.80 Å². The summed E-state index contributed by atoms with van der Waals surface area (Å²) in [6.07, 6.45) is 4.99. The molecule has 0 spiro atoms. The van der Waals surface area contributed by atoms with E-state index in [0.29, 0.717) is 18.5 Å². The Balaban J connectivity index is 1.78. The van der Waals surface area contributed by atoms with Crippen LogP contribution in [-0.4, -0.2) is 47.9 Å². The fraction of sp³-hybridized carbons (Fsp3) is 0.556. The Bertz CT molecular complexity index is 592. The summed E-state index contributed by atoms with van der Waals surface area (Å²) in [5.74, 6) is 0.127. The summed E-state index contributed by atoms with van der Waals surface area (Å²) < 4.78 is 0. The number of likely N-dealkylation sites (tertiary alicyclic amines) is 2. The molecule has 2 aliphatic rings. The molecular weight excluding hydrogens is 274 g/mol. The van der Waals surface area contributed by atoms with E-state index in [1.807, 2.05) is 24.3 Å². The summed E-state index contributed by atoms with van der Waals surface area (Å²) in [5.41, 5.74) is 1.64. The summed E-state index contributed by atoms with van der Waals surface area (Å²) in [6.45, 7) is 2.00. The maximum absolute atomic E-state index is 12.9. The molecular formula is C18H23N3O. The van der Waals surface area contributed by atoms with Crippen LogP contribution in [0.5, 0.6) is 0 Å². The largest absolute Gasteiger partial charge is 0.334 e. The number of amides is 1. The lowest BCUT2D eigenvalue weighted by molar-refractivity contribution is 0.0664. The second kappa shape index (κ2) is 6.50. The number of carbonyl (C=O) groups excluding carboxylic acids is 1. The highest BCUT2D eigenvalue weighted by molar-refractivity contribution is 5.94. The van der Waals surface area contributed by atoms with Gasteiger partial charge >= 0.3 is 0 Å². The van der Waals surface area contributed by atoms with Gasteiger partial charge in [-0.25, -0.2) is 0 Å². The second-order valence-electron chi connectivity index (χ2n) is 6.43. The standard InChI is InChI=1S/C18H23N3O/c1-20-11-3-7-16(20)17-8-4-12-21(17)18(22)15-6-2-5-14(13-15)9-10-19/h2,5-6,13,16-17H,3-4,7-9,11-12H2,1H3. The predicted molar refractivity (Wildman–Crippen MR) is 85.5 cm³/mol. The molecule has 2 unspecified atom stereocenters. The highest BCUT2D eigenvalue weighted by Crippen LogP contribution is 2.30. The fourth-order valence-electron chi connectivity index (χ4n) is 3.94. The maximum Gasteiger partial charge on any atom is 0.254 e. The molecule has 2 fully saturated rings. The van der Waals surface area contributed by atoms with Crippen molar-refractivity contribution in [2.75, 3.05) is 20.1 Å². The van der Waals surface area contributed by atoms with Gasteiger partial charge in [-0.1, -0.05) is 12.1 Å². The number of likely N-dealkylation sites (N-methyl/N-ethyl adjacent to an activating group) is 1. The molecule has 3 rings (SSSR count). The number of nitrogens with zero attached hydrogens (tertiary/aromatic N) is 3. The van der Waals surface area contributed by atoms with Crippen LogP contribution in [0.4, 0.5) is 0 Å². The number of rotatable bonds is 3. The smallest absolute Gasteiger partial charge is 0.254 e. The lowest BCUT2D eigenvalue weighted by atomic mass is 10.0. The molecule has 2 saturated heterocycles. The minimum atomic E-state index is 0.127. The van der Waals surface area contributed by atoms with Gasteiger partial charge in [0.05, 0.1) is 12.5 Å². The number of hydrogen-bond acceptors (Lipinski definition) is 3. The van der Waals surface area contributed by atoms with Crippen LogP contribution in [0, 0.1) is 11.3 Å². The number of nitriles is 1. The molecule has 4 heteroatoms. The maximum atomic E-state index is 12.9. The van der Waals surface area contributed by atoms with Crippen LogP contribution in [0.3, 0.4) is 0 Å². The predicted octanol–water partition coefficient (Wildman–Crippen LogP) is 2.45. The van der Waals surface area contributed by atoms with Gasteiger partial charge in [-0.05, 0) is 57.0 Å². The summed E-state index contributed by atoms with van der Waals surface area (Å²) >= 11 is 0. The van der Waals surface area contributed by atoms with Crippen LogP contribution in [-0.2, 0) is 6.42 Å². The van der Waals surface area contributed by atoms with Gasteiger partial charge in [0.25, 0.3) is 5.91 Å². The molecule has 0 radical (unpaired) electrons. The van der Waals surface area contributed by atoms with Crippen molar-refractivity contribution in [3.05, 3.63) is 35.4 Å². The molecule has 4 nitrogen and oxygen atoms in total. The first-order chi connectivity index (χ1) is 10.7. The number of benzene rings is 1. The molecule has 0 bridgehead atoms. The van der Waals surface area contributed by atoms with E-state index in [1.54, 1.807) is 0 Å². The minimum Gasteiger partial charge on any atom is -0.334 e. The van der Waals surface area contributed by atoms with Gasteiger partial charge in [-0.15, -0.1) is 0 Å². The van der Waals surface area contributed by atoms with Crippen LogP contribution in [0.1, 0.15) is 41.6 Å². The number of hydrogen-bond donors (Lipinski definition) is 0. The summed E-state index contributed by atoms with van der Waals surface area (Å²) in [7, 11) is 2.17. The molecule has 1 aromatic carbocycles. The van der Waals surface area contributed by atoms with Crippen LogP contribution in [0.15, 0.2) is 24.3 Å². The van der Waals surface area contributed by atoms with Crippen molar-refractivity contribution in [3.8, 4) is 6.07 Å². The highest BCUT2D eigenvalue weighted by Gasteiger charge is 2.38. The highest BCUT2D eigenvalue weighted by atomic mass is 16.2. The van der Waals surface area contributed by atoms with Gasteiger partial charge in [0.2, 0.25) is 0 Å².